The molecule has 1 saturated heterocycles. The molecular weight excluding hydrogens is 210 g/mol. The molecule has 0 aromatic carbocycles. The van der Waals surface area contributed by atoms with Gasteiger partial charge in [0.15, 0.2) is 0 Å². The Kier molecular flexibility index (Phi) is 9.22. The molecule has 0 bridgehead atoms. The van der Waals surface area contributed by atoms with Crippen molar-refractivity contribution in [2.45, 2.75) is 37.4 Å². The molecule has 2 N–H and O–H groups in total. The number of rotatable bonds is 5. The molecule has 1 aliphatic heterocycles. The summed E-state index contributed by atoms with van der Waals surface area (Å²) in [6.07, 6.45) is 6.77. The van der Waals surface area contributed by atoms with Crippen LogP contribution in [0, 0.1) is 0 Å². The summed E-state index contributed by atoms with van der Waals surface area (Å²) in [5.41, 5.74) is 5.41. The predicted octanol–water partition coefficient (Wildman–Crippen LogP) is 3.08. The minimum Gasteiger partial charge on any atom is -0.330 e. The standard InChI is InChI=1S/C8H17NS2.ClH/c9-6-3-1-2-4-8-5-7-10-11-8;/h8H,1-7,9H2;1H. The van der Waals surface area contributed by atoms with Crippen molar-refractivity contribution in [1.29, 1.82) is 0 Å². The van der Waals surface area contributed by atoms with Gasteiger partial charge in [-0.15, -0.1) is 12.4 Å². The van der Waals surface area contributed by atoms with Gasteiger partial charge in [-0.05, 0) is 25.8 Å². The van der Waals surface area contributed by atoms with Gasteiger partial charge in [-0.3, -0.25) is 0 Å². The normalized spacial score (nSPS) is 22.2. The fourth-order valence-electron chi connectivity index (χ4n) is 1.26. The summed E-state index contributed by atoms with van der Waals surface area (Å²) in [6, 6.07) is 0. The molecule has 1 atom stereocenters. The van der Waals surface area contributed by atoms with Crippen molar-refractivity contribution in [2.75, 3.05) is 12.3 Å². The van der Waals surface area contributed by atoms with E-state index < -0.39 is 0 Å². The van der Waals surface area contributed by atoms with Crippen LogP contribution in [0.25, 0.3) is 0 Å². The smallest absolute Gasteiger partial charge is 0.0159 e. The maximum atomic E-state index is 5.41. The number of halogens is 1. The zero-order valence-electron chi connectivity index (χ0n) is 7.33. The number of hydrogen-bond acceptors (Lipinski definition) is 3. The van der Waals surface area contributed by atoms with E-state index in [1.807, 2.05) is 10.8 Å². The zero-order chi connectivity index (χ0) is 7.94. The van der Waals surface area contributed by atoms with Crippen molar-refractivity contribution in [3.8, 4) is 0 Å². The summed E-state index contributed by atoms with van der Waals surface area (Å²) < 4.78 is 0. The highest BCUT2D eigenvalue weighted by Gasteiger charge is 2.15. The summed E-state index contributed by atoms with van der Waals surface area (Å²) in [7, 11) is 4.12. The summed E-state index contributed by atoms with van der Waals surface area (Å²) >= 11 is 0. The SMILES string of the molecule is Cl.NCCCCCC1CCSS1. The fraction of sp³-hybridized carbons (Fsp3) is 1.00. The molecule has 1 heterocycles. The number of unbranched alkanes of at least 4 members (excludes halogenated alkanes) is 2. The Hall–Kier alpha value is 0.950. The fourth-order valence-corrected chi connectivity index (χ4v) is 4.29. The Morgan fingerprint density at radius 1 is 1.25 bits per heavy atom. The van der Waals surface area contributed by atoms with Gasteiger partial charge in [0.05, 0.1) is 0 Å². The summed E-state index contributed by atoms with van der Waals surface area (Å²) in [5, 5.41) is 0.956. The van der Waals surface area contributed by atoms with Crippen molar-refractivity contribution in [1.82, 2.24) is 0 Å². The van der Waals surface area contributed by atoms with Crippen LogP contribution in [0.1, 0.15) is 32.1 Å². The third kappa shape index (κ3) is 5.57. The van der Waals surface area contributed by atoms with E-state index in [1.54, 1.807) is 0 Å². The van der Waals surface area contributed by atoms with Crippen LogP contribution in [-0.2, 0) is 0 Å². The molecule has 0 aromatic rings. The molecule has 0 spiro atoms. The van der Waals surface area contributed by atoms with Crippen LogP contribution in [0.2, 0.25) is 0 Å². The van der Waals surface area contributed by atoms with Crippen LogP contribution >= 0.6 is 34.0 Å². The van der Waals surface area contributed by atoms with Crippen molar-refractivity contribution < 1.29 is 0 Å². The van der Waals surface area contributed by atoms with Gasteiger partial charge in [0, 0.05) is 11.0 Å². The molecule has 1 unspecified atom stereocenters. The lowest BCUT2D eigenvalue weighted by Crippen LogP contribution is -2.00. The van der Waals surface area contributed by atoms with Crippen LogP contribution in [0.15, 0.2) is 0 Å². The van der Waals surface area contributed by atoms with Crippen molar-refractivity contribution in [3.05, 3.63) is 0 Å². The lowest BCUT2D eigenvalue weighted by Gasteiger charge is -2.05. The topological polar surface area (TPSA) is 26.0 Å². The highest BCUT2D eigenvalue weighted by molar-refractivity contribution is 8.77. The second kappa shape index (κ2) is 8.54. The molecule has 1 fully saturated rings. The lowest BCUT2D eigenvalue weighted by molar-refractivity contribution is 0.627. The van der Waals surface area contributed by atoms with Gasteiger partial charge in [0.25, 0.3) is 0 Å². The van der Waals surface area contributed by atoms with Gasteiger partial charge in [-0.1, -0.05) is 34.4 Å². The quantitative estimate of drug-likeness (QED) is 0.578. The Morgan fingerprint density at radius 3 is 2.67 bits per heavy atom. The maximum Gasteiger partial charge on any atom is 0.0159 e. The van der Waals surface area contributed by atoms with E-state index in [0.29, 0.717) is 0 Å². The van der Waals surface area contributed by atoms with Gasteiger partial charge in [0.2, 0.25) is 0 Å². The number of nitrogens with two attached hydrogens (primary N) is 1. The van der Waals surface area contributed by atoms with Gasteiger partial charge in [-0.25, -0.2) is 0 Å². The molecule has 0 aromatic heterocycles. The molecule has 12 heavy (non-hydrogen) atoms. The van der Waals surface area contributed by atoms with Crippen molar-refractivity contribution in [2.24, 2.45) is 5.73 Å². The average Bonchev–Trinajstić information content (AvgIpc) is 2.50. The van der Waals surface area contributed by atoms with Crippen molar-refractivity contribution in [3.63, 3.8) is 0 Å². The minimum atomic E-state index is 0. The van der Waals surface area contributed by atoms with Gasteiger partial charge in [-0.2, -0.15) is 0 Å². The van der Waals surface area contributed by atoms with Crippen LogP contribution in [-0.4, -0.2) is 17.5 Å². The molecule has 0 radical (unpaired) electrons. The Balaban J connectivity index is 0.00000121. The molecule has 1 rings (SSSR count). The third-order valence-electron chi connectivity index (χ3n) is 1.96. The molecule has 74 valence electrons. The van der Waals surface area contributed by atoms with E-state index >= 15 is 0 Å². The highest BCUT2D eigenvalue weighted by Crippen LogP contribution is 2.39. The first-order chi connectivity index (χ1) is 5.43. The van der Waals surface area contributed by atoms with E-state index in [0.717, 1.165) is 11.8 Å². The second-order valence-electron chi connectivity index (χ2n) is 2.97. The lowest BCUT2D eigenvalue weighted by atomic mass is 10.1. The summed E-state index contributed by atoms with van der Waals surface area (Å²) in [5.74, 6) is 1.37. The van der Waals surface area contributed by atoms with E-state index in [1.165, 1.54) is 37.9 Å². The summed E-state index contributed by atoms with van der Waals surface area (Å²) in [6.45, 7) is 0.868. The second-order valence-corrected chi connectivity index (χ2v) is 5.75. The van der Waals surface area contributed by atoms with Crippen molar-refractivity contribution >= 4 is 34.0 Å². The Bertz CT molecular complexity index is 97.1. The molecular formula is C8H18ClNS2. The van der Waals surface area contributed by atoms with E-state index in [2.05, 4.69) is 10.8 Å². The first-order valence-electron chi connectivity index (χ1n) is 4.42. The van der Waals surface area contributed by atoms with Crippen LogP contribution in [0.5, 0.6) is 0 Å². The maximum absolute atomic E-state index is 5.41. The van der Waals surface area contributed by atoms with Gasteiger partial charge < -0.3 is 5.73 Å². The van der Waals surface area contributed by atoms with E-state index in [9.17, 15) is 0 Å². The van der Waals surface area contributed by atoms with Gasteiger partial charge >= 0.3 is 0 Å². The minimum absolute atomic E-state index is 0. The largest absolute Gasteiger partial charge is 0.330 e. The molecule has 1 aliphatic rings. The molecule has 0 aliphatic carbocycles. The third-order valence-corrected chi connectivity index (χ3v) is 4.96. The van der Waals surface area contributed by atoms with Gasteiger partial charge in [0.1, 0.15) is 0 Å². The average molecular weight is 228 g/mol. The monoisotopic (exact) mass is 227 g/mol. The van der Waals surface area contributed by atoms with E-state index in [4.69, 9.17) is 5.73 Å². The Morgan fingerprint density at radius 2 is 2.08 bits per heavy atom. The molecule has 0 saturated carbocycles. The number of hydrogen-bond donors (Lipinski definition) is 1. The first kappa shape index (κ1) is 12.9. The molecule has 4 heteroatoms. The summed E-state index contributed by atoms with van der Waals surface area (Å²) in [4.78, 5) is 0. The Labute approximate surface area is 89.4 Å². The molecule has 0 amide bonds. The van der Waals surface area contributed by atoms with Crippen LogP contribution in [0.3, 0.4) is 0 Å². The highest BCUT2D eigenvalue weighted by atomic mass is 35.5. The zero-order valence-corrected chi connectivity index (χ0v) is 9.78. The van der Waals surface area contributed by atoms with Crippen LogP contribution in [0.4, 0.5) is 0 Å². The first-order valence-corrected chi connectivity index (χ1v) is 6.80. The van der Waals surface area contributed by atoms with E-state index in [-0.39, 0.29) is 12.4 Å². The molecule has 1 nitrogen and oxygen atoms in total. The van der Waals surface area contributed by atoms with Crippen LogP contribution < -0.4 is 5.73 Å². The predicted molar refractivity (Wildman–Crippen MR) is 63.2 cm³/mol.